The molecule has 8 heteroatoms. The van der Waals surface area contributed by atoms with E-state index in [2.05, 4.69) is 9.88 Å². The Kier molecular flexibility index (Phi) is 12.1. The highest BCUT2D eigenvalue weighted by atomic mass is 79.9. The summed E-state index contributed by atoms with van der Waals surface area (Å²) in [5.74, 6) is -1.03. The minimum atomic E-state index is -0.744. The maximum absolute atomic E-state index is 12.8. The van der Waals surface area contributed by atoms with Crippen LogP contribution in [0.5, 0.6) is 0 Å². The van der Waals surface area contributed by atoms with Crippen LogP contribution in [0.4, 0.5) is 0 Å². The van der Waals surface area contributed by atoms with Gasteiger partial charge in [0.2, 0.25) is 5.91 Å². The molecule has 168 valence electrons. The van der Waals surface area contributed by atoms with E-state index in [0.29, 0.717) is 23.3 Å². The lowest BCUT2D eigenvalue weighted by molar-refractivity contribution is -0.697. The standard InChI is InChI=1S/C23H29N3O3S.BrH/c1-3-17(2)21(22(24)28)25-23(29)18-11-5-6-12-19(18)30-20(27)13-7-10-16-26-14-8-4-9-15-26;/h4-6,8-9,11-12,14-15,17,21H,3,7,10,13,16H2,1-2H3,(H2-,24,25,28,29);1H. The summed E-state index contributed by atoms with van der Waals surface area (Å²) in [6.45, 7) is 4.67. The molecule has 2 aromatic rings. The number of hydrogen-bond acceptors (Lipinski definition) is 4. The van der Waals surface area contributed by atoms with Crippen molar-refractivity contribution in [3.8, 4) is 0 Å². The summed E-state index contributed by atoms with van der Waals surface area (Å²) in [7, 11) is 0. The predicted molar refractivity (Wildman–Crippen MR) is 118 cm³/mol. The lowest BCUT2D eigenvalue weighted by atomic mass is 9.98. The zero-order chi connectivity index (χ0) is 21.9. The summed E-state index contributed by atoms with van der Waals surface area (Å²) in [6.07, 6.45) is 6.83. The van der Waals surface area contributed by atoms with Gasteiger partial charge in [0.1, 0.15) is 12.6 Å². The van der Waals surface area contributed by atoms with Crippen LogP contribution < -0.4 is 32.6 Å². The van der Waals surface area contributed by atoms with Crippen LogP contribution in [0, 0.1) is 5.92 Å². The summed E-state index contributed by atoms with van der Waals surface area (Å²) < 4.78 is 2.09. The van der Waals surface area contributed by atoms with E-state index < -0.39 is 17.9 Å². The molecule has 6 nitrogen and oxygen atoms in total. The zero-order valence-corrected chi connectivity index (χ0v) is 20.3. The number of nitrogens with one attached hydrogen (secondary N) is 1. The molecule has 0 radical (unpaired) electrons. The first-order valence-corrected chi connectivity index (χ1v) is 11.1. The maximum Gasteiger partial charge on any atom is 0.253 e. The van der Waals surface area contributed by atoms with Crippen molar-refractivity contribution >= 4 is 28.7 Å². The fourth-order valence-corrected chi connectivity index (χ4v) is 3.92. The van der Waals surface area contributed by atoms with Crippen LogP contribution in [-0.4, -0.2) is 23.0 Å². The molecule has 1 heterocycles. The first kappa shape index (κ1) is 26.8. The van der Waals surface area contributed by atoms with Gasteiger partial charge in [0.25, 0.3) is 5.91 Å². The Balaban J connectivity index is 0.00000480. The third-order valence-electron chi connectivity index (χ3n) is 4.99. The number of aromatic nitrogens is 1. The van der Waals surface area contributed by atoms with Crippen LogP contribution in [0.2, 0.25) is 0 Å². The summed E-state index contributed by atoms with van der Waals surface area (Å²) >= 11 is 1.07. The molecule has 0 fully saturated rings. The van der Waals surface area contributed by atoms with Crippen molar-refractivity contribution in [1.29, 1.82) is 0 Å². The zero-order valence-electron chi connectivity index (χ0n) is 17.9. The fraction of sp³-hybridized carbons (Fsp3) is 0.391. The number of benzene rings is 1. The van der Waals surface area contributed by atoms with Crippen LogP contribution in [0.25, 0.3) is 0 Å². The summed E-state index contributed by atoms with van der Waals surface area (Å²) in [5.41, 5.74) is 5.83. The lowest BCUT2D eigenvalue weighted by Gasteiger charge is -2.21. The van der Waals surface area contributed by atoms with E-state index in [0.717, 1.165) is 31.1 Å². The topological polar surface area (TPSA) is 93.1 Å². The van der Waals surface area contributed by atoms with Gasteiger partial charge in [0.05, 0.1) is 5.56 Å². The minimum Gasteiger partial charge on any atom is -1.00 e. The molecule has 0 aliphatic rings. The number of pyridine rings is 1. The highest BCUT2D eigenvalue weighted by Gasteiger charge is 2.25. The van der Waals surface area contributed by atoms with E-state index in [1.807, 2.05) is 44.4 Å². The number of amides is 2. The van der Waals surface area contributed by atoms with Crippen molar-refractivity contribution in [3.63, 3.8) is 0 Å². The van der Waals surface area contributed by atoms with Gasteiger partial charge in [0.15, 0.2) is 17.5 Å². The summed E-state index contributed by atoms with van der Waals surface area (Å²) in [4.78, 5) is 37.5. The number of aryl methyl sites for hydroxylation is 1. The van der Waals surface area contributed by atoms with E-state index in [1.54, 1.807) is 24.3 Å². The third-order valence-corrected chi connectivity index (χ3v) is 5.99. The molecule has 0 aliphatic heterocycles. The Morgan fingerprint density at radius 2 is 1.74 bits per heavy atom. The molecule has 3 N–H and O–H groups in total. The number of primary amides is 1. The Bertz CT molecular complexity index is 864. The van der Waals surface area contributed by atoms with E-state index in [1.165, 1.54) is 0 Å². The molecule has 2 unspecified atom stereocenters. The second kappa shape index (κ2) is 14.0. The molecular formula is C23H30BrN3O3S. The molecule has 0 saturated heterocycles. The summed E-state index contributed by atoms with van der Waals surface area (Å²) in [6, 6.07) is 12.1. The number of thioether (sulfide) groups is 1. The van der Waals surface area contributed by atoms with Gasteiger partial charge in [-0.3, -0.25) is 14.4 Å². The predicted octanol–water partition coefficient (Wildman–Crippen LogP) is 0.0971. The second-order valence-corrected chi connectivity index (χ2v) is 8.38. The largest absolute Gasteiger partial charge is 1.00 e. The molecule has 2 amide bonds. The Morgan fingerprint density at radius 3 is 2.39 bits per heavy atom. The fourth-order valence-electron chi connectivity index (χ4n) is 3.01. The van der Waals surface area contributed by atoms with Gasteiger partial charge in [0, 0.05) is 29.9 Å². The molecule has 0 aliphatic carbocycles. The van der Waals surface area contributed by atoms with Gasteiger partial charge in [-0.25, -0.2) is 4.57 Å². The molecule has 0 saturated carbocycles. The number of unbranched alkanes of at least 4 members (excludes halogenated alkanes) is 1. The highest BCUT2D eigenvalue weighted by Crippen LogP contribution is 2.25. The van der Waals surface area contributed by atoms with Gasteiger partial charge < -0.3 is 28.0 Å². The molecule has 31 heavy (non-hydrogen) atoms. The first-order chi connectivity index (χ1) is 14.4. The van der Waals surface area contributed by atoms with Gasteiger partial charge in [-0.15, -0.1) is 0 Å². The number of halogens is 1. The smallest absolute Gasteiger partial charge is 0.253 e. The molecular weight excluding hydrogens is 478 g/mol. The average molecular weight is 508 g/mol. The van der Waals surface area contributed by atoms with Gasteiger partial charge in [-0.2, -0.15) is 0 Å². The maximum atomic E-state index is 12.8. The second-order valence-electron chi connectivity index (χ2n) is 7.28. The monoisotopic (exact) mass is 507 g/mol. The van der Waals surface area contributed by atoms with Crippen molar-refractivity contribution in [2.75, 3.05) is 0 Å². The van der Waals surface area contributed by atoms with Crippen molar-refractivity contribution in [2.45, 2.75) is 57.0 Å². The van der Waals surface area contributed by atoms with Crippen molar-refractivity contribution < 1.29 is 35.9 Å². The van der Waals surface area contributed by atoms with E-state index >= 15 is 0 Å². The van der Waals surface area contributed by atoms with Gasteiger partial charge in [-0.05, 0) is 24.5 Å². The van der Waals surface area contributed by atoms with Crippen molar-refractivity contribution in [2.24, 2.45) is 11.7 Å². The van der Waals surface area contributed by atoms with E-state index in [-0.39, 0.29) is 28.0 Å². The molecule has 0 spiro atoms. The van der Waals surface area contributed by atoms with Crippen LogP contribution in [-0.2, 0) is 16.1 Å². The number of rotatable bonds is 11. The number of nitrogens with two attached hydrogens (primary N) is 1. The number of nitrogens with zero attached hydrogens (tertiary/aromatic N) is 1. The molecule has 1 aromatic carbocycles. The minimum absolute atomic E-state index is 0. The highest BCUT2D eigenvalue weighted by molar-refractivity contribution is 8.13. The molecule has 2 atom stereocenters. The first-order valence-electron chi connectivity index (χ1n) is 10.3. The van der Waals surface area contributed by atoms with E-state index in [4.69, 9.17) is 5.73 Å². The number of carbonyl (C=O) groups excluding carboxylic acids is 3. The third kappa shape index (κ3) is 8.83. The van der Waals surface area contributed by atoms with E-state index in [9.17, 15) is 14.4 Å². The van der Waals surface area contributed by atoms with Crippen LogP contribution in [0.1, 0.15) is 49.9 Å². The molecule has 0 bridgehead atoms. The molecule has 1 aromatic heterocycles. The van der Waals surface area contributed by atoms with Crippen LogP contribution in [0.3, 0.4) is 0 Å². The summed E-state index contributed by atoms with van der Waals surface area (Å²) in [5, 5.41) is 2.74. The van der Waals surface area contributed by atoms with Crippen LogP contribution in [0.15, 0.2) is 59.8 Å². The Hall–Kier alpha value is -2.19. The lowest BCUT2D eigenvalue weighted by Crippen LogP contribution is -3.00. The normalized spacial score (nSPS) is 12.3. The number of carbonyl (C=O) groups is 3. The molecule has 2 rings (SSSR count). The van der Waals surface area contributed by atoms with Crippen molar-refractivity contribution in [1.82, 2.24) is 5.32 Å². The Labute approximate surface area is 198 Å². The average Bonchev–Trinajstić information content (AvgIpc) is 2.75. The Morgan fingerprint density at radius 1 is 1.06 bits per heavy atom. The van der Waals surface area contributed by atoms with Crippen LogP contribution >= 0.6 is 11.8 Å². The number of hydrogen-bond donors (Lipinski definition) is 2. The SMILES string of the molecule is CCC(C)C(NC(=O)c1ccccc1SC(=O)CCCC[n+]1ccccc1)C(N)=O.[Br-]. The van der Waals surface area contributed by atoms with Gasteiger partial charge >= 0.3 is 0 Å². The van der Waals surface area contributed by atoms with Crippen molar-refractivity contribution in [3.05, 3.63) is 60.4 Å². The van der Waals surface area contributed by atoms with Gasteiger partial charge in [-0.1, -0.05) is 50.2 Å². The quantitative estimate of drug-likeness (QED) is 0.256.